The summed E-state index contributed by atoms with van der Waals surface area (Å²) < 4.78 is 28.8. The predicted molar refractivity (Wildman–Crippen MR) is 136 cm³/mol. The van der Waals surface area contributed by atoms with Crippen molar-refractivity contribution in [2.24, 2.45) is 5.92 Å². The van der Waals surface area contributed by atoms with Crippen molar-refractivity contribution >= 4 is 22.8 Å². The summed E-state index contributed by atoms with van der Waals surface area (Å²) in [6.07, 6.45) is 0.763. The van der Waals surface area contributed by atoms with Gasteiger partial charge in [-0.3, -0.25) is 9.59 Å². The van der Waals surface area contributed by atoms with E-state index >= 15 is 0 Å². The Hall–Kier alpha value is -4.14. The number of nitrogens with one attached hydrogen (secondary N) is 1. The summed E-state index contributed by atoms with van der Waals surface area (Å²) in [7, 11) is 0. The van der Waals surface area contributed by atoms with Gasteiger partial charge < -0.3 is 10.2 Å². The number of rotatable bonds is 10. The van der Waals surface area contributed by atoms with Crippen LogP contribution in [0, 0.1) is 17.6 Å². The van der Waals surface area contributed by atoms with E-state index in [-0.39, 0.29) is 19.0 Å². The first-order chi connectivity index (χ1) is 17.8. The largest absolute Gasteiger partial charge is 0.354 e. The Morgan fingerprint density at radius 1 is 0.946 bits per heavy atom. The van der Waals surface area contributed by atoms with Crippen molar-refractivity contribution in [1.82, 2.24) is 25.2 Å². The number of aromatic nitrogens is 3. The Morgan fingerprint density at radius 2 is 1.59 bits per heavy atom. The van der Waals surface area contributed by atoms with E-state index in [1.807, 2.05) is 18.2 Å². The standard InChI is InChI=1S/C28H29F2N5O2/c1-19(2)15-16-31-28(37)27(21-9-13-23(30)14-10-21)34(17-20-7-11-22(29)12-8-20)26(36)18-35-25-6-4-3-5-24(25)32-33-35/h3-14,19,27H,15-18H2,1-2H3,(H,31,37)/t27-/m0/s1. The van der Waals surface area contributed by atoms with Crippen molar-refractivity contribution < 1.29 is 18.4 Å². The van der Waals surface area contributed by atoms with Gasteiger partial charge in [-0.1, -0.05) is 55.5 Å². The monoisotopic (exact) mass is 505 g/mol. The highest BCUT2D eigenvalue weighted by atomic mass is 19.1. The van der Waals surface area contributed by atoms with Crippen LogP contribution in [0.2, 0.25) is 0 Å². The lowest BCUT2D eigenvalue weighted by atomic mass is 10.0. The van der Waals surface area contributed by atoms with Gasteiger partial charge in [0.1, 0.15) is 29.7 Å². The summed E-state index contributed by atoms with van der Waals surface area (Å²) in [6, 6.07) is 17.5. The number of hydrogen-bond acceptors (Lipinski definition) is 4. The molecule has 4 aromatic rings. The molecule has 0 saturated carbocycles. The van der Waals surface area contributed by atoms with Crippen molar-refractivity contribution in [1.29, 1.82) is 0 Å². The van der Waals surface area contributed by atoms with Crippen molar-refractivity contribution in [3.05, 3.63) is 95.6 Å². The van der Waals surface area contributed by atoms with E-state index in [0.29, 0.717) is 34.6 Å². The van der Waals surface area contributed by atoms with Crippen LogP contribution in [0.5, 0.6) is 0 Å². The van der Waals surface area contributed by atoms with Gasteiger partial charge in [0.05, 0.1) is 5.52 Å². The van der Waals surface area contributed by atoms with Crippen LogP contribution in [-0.2, 0) is 22.7 Å². The molecule has 0 radical (unpaired) electrons. The molecule has 0 unspecified atom stereocenters. The first-order valence-electron chi connectivity index (χ1n) is 12.2. The summed E-state index contributed by atoms with van der Waals surface area (Å²) in [5, 5.41) is 11.1. The van der Waals surface area contributed by atoms with E-state index in [1.165, 1.54) is 46.0 Å². The highest BCUT2D eigenvalue weighted by molar-refractivity contribution is 5.89. The van der Waals surface area contributed by atoms with Gasteiger partial charge in [-0.25, -0.2) is 13.5 Å². The van der Waals surface area contributed by atoms with Crippen LogP contribution in [0.1, 0.15) is 37.4 Å². The van der Waals surface area contributed by atoms with Crippen LogP contribution >= 0.6 is 0 Å². The van der Waals surface area contributed by atoms with Gasteiger partial charge in [-0.2, -0.15) is 0 Å². The molecule has 0 aliphatic heterocycles. The molecule has 1 heterocycles. The van der Waals surface area contributed by atoms with Crippen molar-refractivity contribution in [2.75, 3.05) is 6.54 Å². The summed E-state index contributed by atoms with van der Waals surface area (Å²) >= 11 is 0. The molecule has 3 aromatic carbocycles. The molecule has 1 aromatic heterocycles. The average molecular weight is 506 g/mol. The van der Waals surface area contributed by atoms with Crippen molar-refractivity contribution in [3.8, 4) is 0 Å². The molecular weight excluding hydrogens is 476 g/mol. The van der Waals surface area contributed by atoms with Gasteiger partial charge in [0, 0.05) is 13.1 Å². The molecule has 0 aliphatic carbocycles. The maximum absolute atomic E-state index is 13.8. The van der Waals surface area contributed by atoms with Crippen molar-refractivity contribution in [2.45, 2.75) is 39.4 Å². The minimum atomic E-state index is -1.04. The molecule has 0 saturated heterocycles. The fourth-order valence-corrected chi connectivity index (χ4v) is 4.06. The highest BCUT2D eigenvalue weighted by Crippen LogP contribution is 2.25. The number of hydrogen-bond donors (Lipinski definition) is 1. The molecule has 1 N–H and O–H groups in total. The van der Waals surface area contributed by atoms with Gasteiger partial charge in [-0.05, 0) is 59.9 Å². The molecule has 9 heteroatoms. The third kappa shape index (κ3) is 6.55. The third-order valence-electron chi connectivity index (χ3n) is 6.06. The molecule has 1 atom stereocenters. The second-order valence-electron chi connectivity index (χ2n) is 9.31. The Kier molecular flexibility index (Phi) is 8.22. The first kappa shape index (κ1) is 25.9. The number of nitrogens with zero attached hydrogens (tertiary/aromatic N) is 4. The SMILES string of the molecule is CC(C)CCNC(=O)[C@H](c1ccc(F)cc1)N(Cc1ccc(F)cc1)C(=O)Cn1nnc2ccccc21. The zero-order valence-corrected chi connectivity index (χ0v) is 20.8. The minimum absolute atomic E-state index is 0.0331. The van der Waals surface area contributed by atoms with Crippen LogP contribution in [0.15, 0.2) is 72.8 Å². The first-order valence-corrected chi connectivity index (χ1v) is 12.2. The van der Waals surface area contributed by atoms with Gasteiger partial charge >= 0.3 is 0 Å². The quantitative estimate of drug-likeness (QED) is 0.341. The summed E-state index contributed by atoms with van der Waals surface area (Å²) in [5.41, 5.74) is 2.42. The molecule has 0 bridgehead atoms. The van der Waals surface area contributed by atoms with Gasteiger partial charge in [0.15, 0.2) is 0 Å². The zero-order chi connectivity index (χ0) is 26.4. The summed E-state index contributed by atoms with van der Waals surface area (Å²) in [4.78, 5) is 28.7. The second-order valence-corrected chi connectivity index (χ2v) is 9.31. The topological polar surface area (TPSA) is 80.1 Å². The van der Waals surface area contributed by atoms with E-state index in [2.05, 4.69) is 29.5 Å². The Morgan fingerprint density at radius 3 is 2.27 bits per heavy atom. The maximum atomic E-state index is 13.8. The van der Waals surface area contributed by atoms with Crippen LogP contribution in [0.3, 0.4) is 0 Å². The molecule has 0 spiro atoms. The molecule has 0 fully saturated rings. The highest BCUT2D eigenvalue weighted by Gasteiger charge is 2.32. The fraction of sp³-hybridized carbons (Fsp3) is 0.286. The maximum Gasteiger partial charge on any atom is 0.247 e. The number of benzene rings is 3. The van der Waals surface area contributed by atoms with Crippen LogP contribution < -0.4 is 5.32 Å². The number of halogens is 2. The molecule has 2 amide bonds. The van der Waals surface area contributed by atoms with Gasteiger partial charge in [-0.15, -0.1) is 5.10 Å². The number of amides is 2. The van der Waals surface area contributed by atoms with Crippen LogP contribution in [0.4, 0.5) is 8.78 Å². The lowest BCUT2D eigenvalue weighted by Gasteiger charge is -2.32. The van der Waals surface area contributed by atoms with Crippen LogP contribution in [-0.4, -0.2) is 38.3 Å². The molecule has 4 rings (SSSR count). The Balaban J connectivity index is 1.71. The number of carbonyl (C=O) groups excluding carboxylic acids is 2. The van der Waals surface area contributed by atoms with Gasteiger partial charge in [0.2, 0.25) is 11.8 Å². The minimum Gasteiger partial charge on any atom is -0.354 e. The molecular formula is C28H29F2N5O2. The van der Waals surface area contributed by atoms with E-state index in [4.69, 9.17) is 0 Å². The van der Waals surface area contributed by atoms with Gasteiger partial charge in [0.25, 0.3) is 0 Å². The average Bonchev–Trinajstić information content (AvgIpc) is 3.28. The molecule has 192 valence electrons. The molecule has 0 aliphatic rings. The second kappa shape index (κ2) is 11.7. The third-order valence-corrected chi connectivity index (χ3v) is 6.06. The van der Waals surface area contributed by atoms with E-state index in [9.17, 15) is 18.4 Å². The van der Waals surface area contributed by atoms with E-state index in [1.54, 1.807) is 18.2 Å². The zero-order valence-electron chi connectivity index (χ0n) is 20.8. The Bertz CT molecular complexity index is 1350. The summed E-state index contributed by atoms with van der Waals surface area (Å²) in [5.74, 6) is -1.26. The van der Waals surface area contributed by atoms with E-state index in [0.717, 1.165) is 6.42 Å². The fourth-order valence-electron chi connectivity index (χ4n) is 4.06. The predicted octanol–water partition coefficient (Wildman–Crippen LogP) is 4.64. The number of para-hydroxylation sites is 1. The lowest BCUT2D eigenvalue weighted by molar-refractivity contribution is -0.142. The normalized spacial score (nSPS) is 12.0. The van der Waals surface area contributed by atoms with E-state index < -0.39 is 23.6 Å². The van der Waals surface area contributed by atoms with Crippen molar-refractivity contribution in [3.63, 3.8) is 0 Å². The number of fused-ring (bicyclic) bond motifs is 1. The van der Waals surface area contributed by atoms with Crippen LogP contribution in [0.25, 0.3) is 11.0 Å². The summed E-state index contributed by atoms with van der Waals surface area (Å²) in [6.45, 7) is 4.40. The smallest absolute Gasteiger partial charge is 0.247 e. The lowest BCUT2D eigenvalue weighted by Crippen LogP contribution is -2.45. The molecule has 7 nitrogen and oxygen atoms in total. The number of carbonyl (C=O) groups is 2. The Labute approximate surface area is 214 Å². The molecule has 37 heavy (non-hydrogen) atoms.